The highest BCUT2D eigenvalue weighted by Gasteiger charge is 2.34. The van der Waals surface area contributed by atoms with Crippen LogP contribution < -0.4 is 5.56 Å². The van der Waals surface area contributed by atoms with Crippen molar-refractivity contribution in [2.75, 3.05) is 12.3 Å². The van der Waals surface area contributed by atoms with Crippen molar-refractivity contribution in [1.82, 2.24) is 14.5 Å². The standard InChI is InChI=1S/C20H17N3O3S2/c1-22-19(26)15-13-7-4-8-14(13)28-16(15)21-20(22)27-10-9-23-17(24)11-5-2-3-6-12(11)18(23)25/h2-3,5-6H,4,7-10H2,1H3. The van der Waals surface area contributed by atoms with Crippen LogP contribution in [-0.2, 0) is 19.9 Å². The molecule has 3 heterocycles. The Balaban J connectivity index is 1.36. The molecule has 2 amide bonds. The first kappa shape index (κ1) is 17.6. The van der Waals surface area contributed by atoms with Crippen molar-refractivity contribution in [2.24, 2.45) is 7.05 Å². The number of hydrogen-bond acceptors (Lipinski definition) is 6. The van der Waals surface area contributed by atoms with Gasteiger partial charge in [-0.1, -0.05) is 23.9 Å². The van der Waals surface area contributed by atoms with Gasteiger partial charge >= 0.3 is 0 Å². The van der Waals surface area contributed by atoms with E-state index in [4.69, 9.17) is 4.98 Å². The third-order valence-electron chi connectivity index (χ3n) is 5.33. The number of thiophene rings is 1. The zero-order valence-electron chi connectivity index (χ0n) is 15.2. The van der Waals surface area contributed by atoms with Gasteiger partial charge in [-0.2, -0.15) is 0 Å². The number of imide groups is 1. The number of nitrogens with zero attached hydrogens (tertiary/aromatic N) is 3. The van der Waals surface area contributed by atoms with E-state index in [1.165, 1.54) is 27.1 Å². The molecular formula is C20H17N3O3S2. The van der Waals surface area contributed by atoms with Gasteiger partial charge in [-0.05, 0) is 37.0 Å². The SMILES string of the molecule is Cn1c(SCCN2C(=O)c3ccccc3C2=O)nc2sc3c(c2c1=O)CCC3. The topological polar surface area (TPSA) is 72.3 Å². The third kappa shape index (κ3) is 2.55. The maximum Gasteiger partial charge on any atom is 0.262 e. The number of thioether (sulfide) groups is 1. The van der Waals surface area contributed by atoms with E-state index in [-0.39, 0.29) is 23.9 Å². The minimum Gasteiger partial charge on any atom is -0.290 e. The largest absolute Gasteiger partial charge is 0.290 e. The molecule has 0 saturated heterocycles. The molecule has 0 unspecified atom stereocenters. The molecule has 1 aliphatic heterocycles. The van der Waals surface area contributed by atoms with Crippen molar-refractivity contribution in [3.8, 4) is 0 Å². The lowest BCUT2D eigenvalue weighted by Crippen LogP contribution is -2.32. The smallest absolute Gasteiger partial charge is 0.262 e. The Morgan fingerprint density at radius 3 is 2.54 bits per heavy atom. The molecular weight excluding hydrogens is 394 g/mol. The van der Waals surface area contributed by atoms with Crippen molar-refractivity contribution in [3.05, 3.63) is 56.2 Å². The lowest BCUT2D eigenvalue weighted by molar-refractivity contribution is 0.0664. The molecule has 0 radical (unpaired) electrons. The Hall–Kier alpha value is -2.45. The van der Waals surface area contributed by atoms with Gasteiger partial charge < -0.3 is 0 Å². The van der Waals surface area contributed by atoms with E-state index in [9.17, 15) is 14.4 Å². The van der Waals surface area contributed by atoms with Crippen LogP contribution in [0.4, 0.5) is 0 Å². The summed E-state index contributed by atoms with van der Waals surface area (Å²) in [6, 6.07) is 6.88. The fourth-order valence-corrected chi connectivity index (χ4v) is 6.10. The normalized spacial score (nSPS) is 15.5. The second kappa shape index (κ2) is 6.56. The number of aryl methyl sites for hydroxylation is 2. The number of carbonyl (C=O) groups excluding carboxylic acids is 2. The number of aromatic nitrogens is 2. The van der Waals surface area contributed by atoms with Crippen LogP contribution >= 0.6 is 23.1 Å². The Morgan fingerprint density at radius 2 is 1.82 bits per heavy atom. The maximum absolute atomic E-state index is 12.8. The second-order valence-electron chi connectivity index (χ2n) is 6.95. The van der Waals surface area contributed by atoms with Gasteiger partial charge in [-0.15, -0.1) is 11.3 Å². The molecule has 1 aliphatic carbocycles. The number of carbonyl (C=O) groups is 2. The number of fused-ring (bicyclic) bond motifs is 4. The fourth-order valence-electron chi connectivity index (χ4n) is 3.91. The molecule has 8 heteroatoms. The van der Waals surface area contributed by atoms with E-state index >= 15 is 0 Å². The fraction of sp³-hybridized carbons (Fsp3) is 0.300. The molecule has 142 valence electrons. The summed E-state index contributed by atoms with van der Waals surface area (Å²) in [7, 11) is 1.73. The van der Waals surface area contributed by atoms with Crippen molar-refractivity contribution < 1.29 is 9.59 Å². The van der Waals surface area contributed by atoms with Crippen LogP contribution in [0.2, 0.25) is 0 Å². The highest BCUT2D eigenvalue weighted by Crippen LogP contribution is 2.35. The van der Waals surface area contributed by atoms with Crippen molar-refractivity contribution in [1.29, 1.82) is 0 Å². The number of amides is 2. The summed E-state index contributed by atoms with van der Waals surface area (Å²) >= 11 is 3.02. The first-order valence-electron chi connectivity index (χ1n) is 9.15. The Morgan fingerprint density at radius 1 is 1.11 bits per heavy atom. The van der Waals surface area contributed by atoms with Crippen LogP contribution in [0.5, 0.6) is 0 Å². The van der Waals surface area contributed by atoms with E-state index in [2.05, 4.69) is 0 Å². The molecule has 0 fully saturated rings. The quantitative estimate of drug-likeness (QED) is 0.375. The van der Waals surface area contributed by atoms with Crippen LogP contribution in [0.3, 0.4) is 0 Å². The minimum absolute atomic E-state index is 0.00682. The summed E-state index contributed by atoms with van der Waals surface area (Å²) in [6.07, 6.45) is 3.09. The molecule has 28 heavy (non-hydrogen) atoms. The van der Waals surface area contributed by atoms with Gasteiger partial charge in [-0.3, -0.25) is 23.9 Å². The third-order valence-corrected chi connectivity index (χ3v) is 7.53. The molecule has 0 atom stereocenters. The zero-order chi connectivity index (χ0) is 19.4. The van der Waals surface area contributed by atoms with Crippen LogP contribution in [-0.4, -0.2) is 38.6 Å². The summed E-state index contributed by atoms with van der Waals surface area (Å²) in [5.41, 5.74) is 2.08. The van der Waals surface area contributed by atoms with Crippen LogP contribution in [0, 0.1) is 0 Å². The first-order valence-corrected chi connectivity index (χ1v) is 11.0. The summed E-state index contributed by atoms with van der Waals surface area (Å²) in [5, 5.41) is 1.39. The van der Waals surface area contributed by atoms with E-state index < -0.39 is 0 Å². The maximum atomic E-state index is 12.8. The monoisotopic (exact) mass is 411 g/mol. The predicted octanol–water partition coefficient (Wildman–Crippen LogP) is 2.87. The van der Waals surface area contributed by atoms with Gasteiger partial charge in [0.1, 0.15) is 4.83 Å². The molecule has 0 saturated carbocycles. The van der Waals surface area contributed by atoms with Crippen LogP contribution in [0.25, 0.3) is 10.2 Å². The first-order chi connectivity index (χ1) is 13.6. The Bertz CT molecular complexity index is 1180. The molecule has 1 aromatic carbocycles. The highest BCUT2D eigenvalue weighted by atomic mass is 32.2. The van der Waals surface area contributed by atoms with E-state index in [1.54, 1.807) is 47.2 Å². The lowest BCUT2D eigenvalue weighted by Gasteiger charge is -2.14. The highest BCUT2D eigenvalue weighted by molar-refractivity contribution is 7.99. The van der Waals surface area contributed by atoms with Gasteiger partial charge in [0.25, 0.3) is 17.4 Å². The average molecular weight is 412 g/mol. The zero-order valence-corrected chi connectivity index (χ0v) is 16.9. The van der Waals surface area contributed by atoms with Gasteiger partial charge in [0.2, 0.25) is 0 Å². The predicted molar refractivity (Wildman–Crippen MR) is 109 cm³/mol. The average Bonchev–Trinajstić information content (AvgIpc) is 3.34. The van der Waals surface area contributed by atoms with Crippen LogP contribution in [0.1, 0.15) is 37.6 Å². The number of rotatable bonds is 4. The number of hydrogen-bond donors (Lipinski definition) is 0. The van der Waals surface area contributed by atoms with Crippen LogP contribution in [0.15, 0.2) is 34.2 Å². The summed E-state index contributed by atoms with van der Waals surface area (Å²) in [6.45, 7) is 0.284. The molecule has 2 aromatic heterocycles. The molecule has 3 aromatic rings. The Labute approximate surface area is 169 Å². The second-order valence-corrected chi connectivity index (χ2v) is 9.10. The molecule has 6 nitrogen and oxygen atoms in total. The van der Waals surface area contributed by atoms with Crippen molar-refractivity contribution in [2.45, 2.75) is 24.4 Å². The Kier molecular flexibility index (Phi) is 4.13. The van der Waals surface area contributed by atoms with Gasteiger partial charge in [0.15, 0.2) is 5.16 Å². The van der Waals surface area contributed by atoms with E-state index in [1.807, 2.05) is 0 Å². The molecule has 0 bridgehead atoms. The lowest BCUT2D eigenvalue weighted by atomic mass is 10.1. The van der Waals surface area contributed by atoms with E-state index in [0.29, 0.717) is 22.0 Å². The van der Waals surface area contributed by atoms with Gasteiger partial charge in [0.05, 0.1) is 16.5 Å². The molecule has 5 rings (SSSR count). The summed E-state index contributed by atoms with van der Waals surface area (Å²) in [4.78, 5) is 45.8. The van der Waals surface area contributed by atoms with Gasteiger partial charge in [0, 0.05) is 24.2 Å². The van der Waals surface area contributed by atoms with E-state index in [0.717, 1.165) is 29.5 Å². The minimum atomic E-state index is -0.256. The molecule has 0 N–H and O–H groups in total. The number of benzene rings is 1. The molecule has 0 spiro atoms. The van der Waals surface area contributed by atoms with Gasteiger partial charge in [-0.25, -0.2) is 4.98 Å². The summed E-state index contributed by atoms with van der Waals surface area (Å²) < 4.78 is 1.58. The summed E-state index contributed by atoms with van der Waals surface area (Å²) in [5.74, 6) is -0.0242. The van der Waals surface area contributed by atoms with Crippen molar-refractivity contribution >= 4 is 45.1 Å². The molecule has 2 aliphatic rings. The van der Waals surface area contributed by atoms with Crippen molar-refractivity contribution in [3.63, 3.8) is 0 Å².